The first-order valence-corrected chi connectivity index (χ1v) is 7.72. The van der Waals surface area contributed by atoms with Crippen LogP contribution in [-0.4, -0.2) is 30.0 Å². The van der Waals surface area contributed by atoms with E-state index in [-0.39, 0.29) is 12.0 Å². The third-order valence-corrected chi connectivity index (χ3v) is 3.78. The molecule has 0 spiro atoms. The van der Waals surface area contributed by atoms with Gasteiger partial charge in [0, 0.05) is 18.7 Å². The SMILES string of the molecule is CC1CC(C)CN(C(=O)c2ccc(OC(C)C)c(N)c2)C1. The van der Waals surface area contributed by atoms with Crippen molar-refractivity contribution >= 4 is 11.6 Å². The normalized spacial score (nSPS) is 22.4. The standard InChI is InChI=1S/C17H26N2O2/c1-11(2)21-16-6-5-14(8-15(16)18)17(20)19-9-12(3)7-13(4)10-19/h5-6,8,11-13H,7,9-10,18H2,1-4H3. The van der Waals surface area contributed by atoms with E-state index < -0.39 is 0 Å². The number of anilines is 1. The van der Waals surface area contributed by atoms with Gasteiger partial charge in [-0.1, -0.05) is 13.8 Å². The van der Waals surface area contributed by atoms with Crippen molar-refractivity contribution in [1.29, 1.82) is 0 Å². The van der Waals surface area contributed by atoms with Crippen molar-refractivity contribution < 1.29 is 9.53 Å². The van der Waals surface area contributed by atoms with Crippen LogP contribution in [-0.2, 0) is 0 Å². The molecule has 1 amide bonds. The Bertz CT molecular complexity index is 504. The summed E-state index contributed by atoms with van der Waals surface area (Å²) in [6.07, 6.45) is 1.25. The second kappa shape index (κ2) is 6.37. The monoisotopic (exact) mass is 290 g/mol. The van der Waals surface area contributed by atoms with E-state index in [0.717, 1.165) is 13.1 Å². The van der Waals surface area contributed by atoms with Crippen LogP contribution in [0.15, 0.2) is 18.2 Å². The zero-order valence-corrected chi connectivity index (χ0v) is 13.4. The maximum atomic E-state index is 12.6. The number of benzene rings is 1. The molecule has 2 unspecified atom stereocenters. The van der Waals surface area contributed by atoms with Gasteiger partial charge in [-0.15, -0.1) is 0 Å². The second-order valence-electron chi connectivity index (χ2n) is 6.58. The summed E-state index contributed by atoms with van der Waals surface area (Å²) >= 11 is 0. The molecule has 1 fully saturated rings. The quantitative estimate of drug-likeness (QED) is 0.870. The third-order valence-electron chi connectivity index (χ3n) is 3.78. The fraction of sp³-hybridized carbons (Fsp3) is 0.588. The molecule has 0 saturated carbocycles. The molecule has 116 valence electrons. The number of nitrogen functional groups attached to an aromatic ring is 1. The molecule has 1 aromatic rings. The number of hydrogen-bond donors (Lipinski definition) is 1. The fourth-order valence-electron chi connectivity index (χ4n) is 3.05. The number of nitrogens with zero attached hydrogens (tertiary/aromatic N) is 1. The summed E-state index contributed by atoms with van der Waals surface area (Å²) in [5.74, 6) is 1.82. The average Bonchev–Trinajstić information content (AvgIpc) is 2.38. The number of nitrogens with two attached hydrogens (primary N) is 1. The van der Waals surface area contributed by atoms with E-state index >= 15 is 0 Å². The van der Waals surface area contributed by atoms with Crippen LogP contribution < -0.4 is 10.5 Å². The fourth-order valence-corrected chi connectivity index (χ4v) is 3.05. The number of hydrogen-bond acceptors (Lipinski definition) is 3. The van der Waals surface area contributed by atoms with Gasteiger partial charge in [-0.3, -0.25) is 4.79 Å². The Labute approximate surface area is 127 Å². The molecule has 0 bridgehead atoms. The zero-order chi connectivity index (χ0) is 15.6. The van der Waals surface area contributed by atoms with Crippen LogP contribution in [0.2, 0.25) is 0 Å². The van der Waals surface area contributed by atoms with Crippen molar-refractivity contribution in [1.82, 2.24) is 4.90 Å². The van der Waals surface area contributed by atoms with Crippen molar-refractivity contribution in [2.75, 3.05) is 18.8 Å². The summed E-state index contributed by atoms with van der Waals surface area (Å²) in [5.41, 5.74) is 7.16. The highest BCUT2D eigenvalue weighted by molar-refractivity contribution is 5.95. The van der Waals surface area contributed by atoms with Crippen molar-refractivity contribution in [3.63, 3.8) is 0 Å². The number of piperidine rings is 1. The zero-order valence-electron chi connectivity index (χ0n) is 13.4. The van der Waals surface area contributed by atoms with E-state index in [4.69, 9.17) is 10.5 Å². The molecule has 0 aromatic heterocycles. The maximum absolute atomic E-state index is 12.6. The van der Waals surface area contributed by atoms with E-state index in [1.807, 2.05) is 18.7 Å². The molecular weight excluding hydrogens is 264 g/mol. The highest BCUT2D eigenvalue weighted by Crippen LogP contribution is 2.26. The Morgan fingerprint density at radius 3 is 2.43 bits per heavy atom. The maximum Gasteiger partial charge on any atom is 0.253 e. The molecule has 1 aromatic carbocycles. The Morgan fingerprint density at radius 2 is 1.90 bits per heavy atom. The number of carbonyl (C=O) groups excluding carboxylic acids is 1. The minimum absolute atomic E-state index is 0.0659. The van der Waals surface area contributed by atoms with E-state index in [0.29, 0.717) is 28.8 Å². The van der Waals surface area contributed by atoms with E-state index in [2.05, 4.69) is 13.8 Å². The minimum Gasteiger partial charge on any atom is -0.489 e. The summed E-state index contributed by atoms with van der Waals surface area (Å²) in [6, 6.07) is 5.32. The lowest BCUT2D eigenvalue weighted by Gasteiger charge is -2.35. The Hall–Kier alpha value is -1.71. The number of rotatable bonds is 3. The first kappa shape index (κ1) is 15.7. The predicted octanol–water partition coefficient (Wildman–Crippen LogP) is 3.17. The molecule has 1 aliphatic rings. The molecule has 2 rings (SSSR count). The molecule has 4 nitrogen and oxygen atoms in total. The van der Waals surface area contributed by atoms with Gasteiger partial charge in [0.15, 0.2) is 0 Å². The van der Waals surface area contributed by atoms with Crippen LogP contribution in [0.3, 0.4) is 0 Å². The van der Waals surface area contributed by atoms with Crippen LogP contribution in [0.5, 0.6) is 5.75 Å². The first-order valence-electron chi connectivity index (χ1n) is 7.72. The highest BCUT2D eigenvalue weighted by atomic mass is 16.5. The van der Waals surface area contributed by atoms with Crippen LogP contribution in [0.25, 0.3) is 0 Å². The summed E-state index contributed by atoms with van der Waals surface area (Å²) in [5, 5.41) is 0. The molecule has 1 heterocycles. The van der Waals surface area contributed by atoms with Crippen LogP contribution in [0.1, 0.15) is 44.5 Å². The van der Waals surface area contributed by atoms with Crippen LogP contribution in [0, 0.1) is 11.8 Å². The van der Waals surface area contributed by atoms with Gasteiger partial charge in [0.2, 0.25) is 0 Å². The van der Waals surface area contributed by atoms with Crippen molar-refractivity contribution in [2.45, 2.75) is 40.2 Å². The summed E-state index contributed by atoms with van der Waals surface area (Å²) in [4.78, 5) is 14.5. The number of carbonyl (C=O) groups is 1. The third kappa shape index (κ3) is 3.90. The highest BCUT2D eigenvalue weighted by Gasteiger charge is 2.26. The van der Waals surface area contributed by atoms with Gasteiger partial charge in [-0.05, 0) is 50.3 Å². The lowest BCUT2D eigenvalue weighted by Crippen LogP contribution is -2.42. The molecule has 1 aliphatic heterocycles. The minimum atomic E-state index is 0.0659. The van der Waals surface area contributed by atoms with Gasteiger partial charge < -0.3 is 15.4 Å². The molecule has 2 N–H and O–H groups in total. The molecule has 0 radical (unpaired) electrons. The largest absolute Gasteiger partial charge is 0.489 e. The van der Waals surface area contributed by atoms with E-state index in [1.165, 1.54) is 6.42 Å². The van der Waals surface area contributed by atoms with E-state index in [1.54, 1.807) is 18.2 Å². The molecule has 0 aliphatic carbocycles. The topological polar surface area (TPSA) is 55.6 Å². The molecular formula is C17H26N2O2. The predicted molar refractivity (Wildman–Crippen MR) is 85.5 cm³/mol. The Kier molecular flexibility index (Phi) is 4.76. The van der Waals surface area contributed by atoms with Gasteiger partial charge in [0.1, 0.15) is 5.75 Å². The van der Waals surface area contributed by atoms with Crippen molar-refractivity contribution in [2.24, 2.45) is 11.8 Å². The van der Waals surface area contributed by atoms with E-state index in [9.17, 15) is 4.79 Å². The second-order valence-corrected chi connectivity index (χ2v) is 6.58. The summed E-state index contributed by atoms with van der Waals surface area (Å²) < 4.78 is 5.61. The first-order chi connectivity index (χ1) is 9.86. The molecule has 21 heavy (non-hydrogen) atoms. The molecule has 1 saturated heterocycles. The van der Waals surface area contributed by atoms with Gasteiger partial charge in [-0.2, -0.15) is 0 Å². The smallest absolute Gasteiger partial charge is 0.253 e. The summed E-state index contributed by atoms with van der Waals surface area (Å²) in [6.45, 7) is 9.96. The Balaban J connectivity index is 2.14. The van der Waals surface area contributed by atoms with Gasteiger partial charge in [-0.25, -0.2) is 0 Å². The number of amides is 1. The van der Waals surface area contributed by atoms with Crippen molar-refractivity contribution in [3.8, 4) is 5.75 Å². The molecule has 4 heteroatoms. The van der Waals surface area contributed by atoms with Gasteiger partial charge >= 0.3 is 0 Å². The van der Waals surface area contributed by atoms with Gasteiger partial charge in [0.25, 0.3) is 5.91 Å². The van der Waals surface area contributed by atoms with Crippen LogP contribution in [0.4, 0.5) is 5.69 Å². The van der Waals surface area contributed by atoms with Crippen LogP contribution >= 0.6 is 0 Å². The average molecular weight is 290 g/mol. The lowest BCUT2D eigenvalue weighted by molar-refractivity contribution is 0.0623. The number of ether oxygens (including phenoxy) is 1. The van der Waals surface area contributed by atoms with Crippen molar-refractivity contribution in [3.05, 3.63) is 23.8 Å². The Morgan fingerprint density at radius 1 is 1.29 bits per heavy atom. The number of likely N-dealkylation sites (tertiary alicyclic amines) is 1. The summed E-state index contributed by atoms with van der Waals surface area (Å²) in [7, 11) is 0. The molecule has 2 atom stereocenters. The van der Waals surface area contributed by atoms with Gasteiger partial charge in [0.05, 0.1) is 11.8 Å². The lowest BCUT2D eigenvalue weighted by atomic mass is 9.91.